The van der Waals surface area contributed by atoms with E-state index in [1.807, 2.05) is 38.1 Å². The number of aryl methyl sites for hydroxylation is 2. The number of benzene rings is 2. The van der Waals surface area contributed by atoms with E-state index in [0.717, 1.165) is 16.8 Å². The number of Topliss-reactive ketones (excluding diaryl/α,β-unsaturated/α-hetero) is 2. The lowest BCUT2D eigenvalue weighted by Crippen LogP contribution is -2.35. The summed E-state index contributed by atoms with van der Waals surface area (Å²) in [6.07, 6.45) is -0.0799. The molecule has 30 heavy (non-hydrogen) atoms. The van der Waals surface area contributed by atoms with E-state index in [2.05, 4.69) is 5.32 Å². The van der Waals surface area contributed by atoms with Gasteiger partial charge in [0.2, 0.25) is 5.78 Å². The van der Waals surface area contributed by atoms with E-state index in [4.69, 9.17) is 4.74 Å². The Morgan fingerprint density at radius 3 is 2.43 bits per heavy atom. The van der Waals surface area contributed by atoms with Crippen LogP contribution in [0.2, 0.25) is 0 Å². The van der Waals surface area contributed by atoms with Crippen LogP contribution in [0.25, 0.3) is 0 Å². The summed E-state index contributed by atoms with van der Waals surface area (Å²) in [4.78, 5) is 38.2. The van der Waals surface area contributed by atoms with E-state index in [0.29, 0.717) is 10.4 Å². The number of thiophene rings is 1. The summed E-state index contributed by atoms with van der Waals surface area (Å²) in [7, 11) is 0. The van der Waals surface area contributed by atoms with E-state index in [1.54, 1.807) is 41.8 Å². The average Bonchev–Trinajstić information content (AvgIpc) is 3.29. The molecule has 5 nitrogen and oxygen atoms in total. The summed E-state index contributed by atoms with van der Waals surface area (Å²) in [5, 5.41) is 4.93. The molecular weight excluding hydrogens is 398 g/mol. The minimum atomic E-state index is -0.908. The number of nitrogens with one attached hydrogen (secondary N) is 1. The van der Waals surface area contributed by atoms with Crippen LogP contribution in [0.1, 0.15) is 37.6 Å². The summed E-state index contributed by atoms with van der Waals surface area (Å²) in [5.41, 5.74) is 3.24. The molecule has 0 aliphatic heterocycles. The zero-order valence-corrected chi connectivity index (χ0v) is 17.7. The van der Waals surface area contributed by atoms with Crippen molar-refractivity contribution in [3.63, 3.8) is 0 Å². The molecule has 0 radical (unpaired) electrons. The fraction of sp³-hybridized carbons (Fsp3) is 0.208. The van der Waals surface area contributed by atoms with Gasteiger partial charge >= 0.3 is 5.97 Å². The highest BCUT2D eigenvalue weighted by Gasteiger charge is 2.25. The molecule has 0 aliphatic rings. The highest BCUT2D eigenvalue weighted by atomic mass is 32.1. The molecule has 0 fully saturated rings. The third-order valence-corrected chi connectivity index (χ3v) is 5.55. The minimum absolute atomic E-state index is 0.0799. The maximum Gasteiger partial charge on any atom is 0.329 e. The third-order valence-electron chi connectivity index (χ3n) is 4.63. The van der Waals surface area contributed by atoms with Gasteiger partial charge in [-0.25, -0.2) is 4.79 Å². The number of hydrogen-bond donors (Lipinski definition) is 1. The molecule has 0 spiro atoms. The fourth-order valence-electron chi connectivity index (χ4n) is 2.95. The van der Waals surface area contributed by atoms with Gasteiger partial charge in [0.15, 0.2) is 12.4 Å². The summed E-state index contributed by atoms with van der Waals surface area (Å²) in [5.74, 6) is -1.08. The molecule has 0 saturated carbocycles. The van der Waals surface area contributed by atoms with Crippen molar-refractivity contribution < 1.29 is 19.1 Å². The standard InChI is InChI=1S/C24H23NO4S/c1-16-10-11-17(2)19(13-16)25-20(14-21(26)18-7-4-3-5-8-18)24(28)29-15-22(27)23-9-6-12-30-23/h3-13,20,25H,14-15H2,1-2H3/t20-/m1/s1. The number of carbonyl (C=O) groups is 3. The first kappa shape index (κ1) is 21.5. The van der Waals surface area contributed by atoms with Gasteiger partial charge in [0.25, 0.3) is 0 Å². The van der Waals surface area contributed by atoms with Crippen LogP contribution in [-0.4, -0.2) is 30.2 Å². The third kappa shape index (κ3) is 5.64. The van der Waals surface area contributed by atoms with Crippen LogP contribution in [0.15, 0.2) is 66.0 Å². The van der Waals surface area contributed by atoms with Crippen molar-refractivity contribution in [3.05, 3.63) is 87.6 Å². The lowest BCUT2D eigenvalue weighted by Gasteiger charge is -2.20. The first-order valence-electron chi connectivity index (χ1n) is 9.59. The number of anilines is 1. The molecule has 3 rings (SSSR count). The molecular formula is C24H23NO4S. The first-order valence-corrected chi connectivity index (χ1v) is 10.5. The Labute approximate surface area is 179 Å². The topological polar surface area (TPSA) is 72.5 Å². The van der Waals surface area contributed by atoms with Crippen molar-refractivity contribution in [1.82, 2.24) is 0 Å². The Kier molecular flexibility index (Phi) is 7.14. The molecule has 0 bridgehead atoms. The minimum Gasteiger partial charge on any atom is -0.456 e. The Hall–Kier alpha value is -3.25. The molecule has 1 heterocycles. The summed E-state index contributed by atoms with van der Waals surface area (Å²) in [6, 6.07) is 17.2. The molecule has 1 N–H and O–H groups in total. The Morgan fingerprint density at radius 1 is 0.967 bits per heavy atom. The van der Waals surface area contributed by atoms with Crippen LogP contribution in [0.3, 0.4) is 0 Å². The van der Waals surface area contributed by atoms with E-state index < -0.39 is 12.0 Å². The summed E-state index contributed by atoms with van der Waals surface area (Å²) >= 11 is 1.29. The predicted molar refractivity (Wildman–Crippen MR) is 118 cm³/mol. The number of hydrogen-bond acceptors (Lipinski definition) is 6. The van der Waals surface area contributed by atoms with Gasteiger partial charge in [-0.2, -0.15) is 0 Å². The molecule has 1 aromatic heterocycles. The van der Waals surface area contributed by atoms with Crippen LogP contribution >= 0.6 is 11.3 Å². The zero-order chi connectivity index (χ0) is 21.5. The van der Waals surface area contributed by atoms with Gasteiger partial charge in [0.1, 0.15) is 6.04 Å². The second-order valence-corrected chi connectivity index (χ2v) is 7.96. The molecule has 6 heteroatoms. The number of esters is 1. The van der Waals surface area contributed by atoms with Gasteiger partial charge in [-0.1, -0.05) is 48.5 Å². The van der Waals surface area contributed by atoms with Crippen molar-refractivity contribution in [2.75, 3.05) is 11.9 Å². The molecule has 1 atom stereocenters. The van der Waals surface area contributed by atoms with Crippen LogP contribution in [0, 0.1) is 13.8 Å². The van der Waals surface area contributed by atoms with Crippen LogP contribution in [0.5, 0.6) is 0 Å². The highest BCUT2D eigenvalue weighted by Crippen LogP contribution is 2.20. The molecule has 0 aliphatic carbocycles. The van der Waals surface area contributed by atoms with Gasteiger partial charge in [-0.15, -0.1) is 11.3 Å². The fourth-order valence-corrected chi connectivity index (χ4v) is 3.60. The van der Waals surface area contributed by atoms with Gasteiger partial charge in [0, 0.05) is 17.7 Å². The van der Waals surface area contributed by atoms with Crippen LogP contribution in [-0.2, 0) is 9.53 Å². The van der Waals surface area contributed by atoms with Gasteiger partial charge < -0.3 is 10.1 Å². The number of ether oxygens (including phenoxy) is 1. The largest absolute Gasteiger partial charge is 0.456 e. The molecule has 2 aromatic carbocycles. The van der Waals surface area contributed by atoms with Crippen molar-refractivity contribution in [2.45, 2.75) is 26.3 Å². The molecule has 3 aromatic rings. The quantitative estimate of drug-likeness (QED) is 0.395. The zero-order valence-electron chi connectivity index (χ0n) is 16.9. The smallest absolute Gasteiger partial charge is 0.329 e. The monoisotopic (exact) mass is 421 g/mol. The molecule has 154 valence electrons. The van der Waals surface area contributed by atoms with Crippen molar-refractivity contribution in [3.8, 4) is 0 Å². The summed E-state index contributed by atoms with van der Waals surface area (Å²) in [6.45, 7) is 3.51. The Bertz CT molecular complexity index is 1030. The Balaban J connectivity index is 1.75. The first-order chi connectivity index (χ1) is 14.4. The van der Waals surface area contributed by atoms with E-state index >= 15 is 0 Å². The van der Waals surface area contributed by atoms with Crippen molar-refractivity contribution in [2.24, 2.45) is 0 Å². The van der Waals surface area contributed by atoms with E-state index in [-0.39, 0.29) is 24.6 Å². The van der Waals surface area contributed by atoms with Gasteiger partial charge in [-0.3, -0.25) is 9.59 Å². The second-order valence-electron chi connectivity index (χ2n) is 7.02. The van der Waals surface area contributed by atoms with Gasteiger partial charge in [-0.05, 0) is 42.5 Å². The van der Waals surface area contributed by atoms with E-state index in [1.165, 1.54) is 11.3 Å². The summed E-state index contributed by atoms with van der Waals surface area (Å²) < 4.78 is 5.27. The maximum atomic E-state index is 12.8. The lowest BCUT2D eigenvalue weighted by molar-refractivity contribution is -0.143. The number of rotatable bonds is 9. The number of carbonyl (C=O) groups excluding carboxylic acids is 3. The van der Waals surface area contributed by atoms with Crippen molar-refractivity contribution >= 4 is 34.6 Å². The predicted octanol–water partition coefficient (Wildman–Crippen LogP) is 4.84. The lowest BCUT2D eigenvalue weighted by atomic mass is 10.0. The molecule has 0 amide bonds. The van der Waals surface area contributed by atoms with E-state index in [9.17, 15) is 14.4 Å². The average molecular weight is 422 g/mol. The molecule has 0 unspecified atom stereocenters. The Morgan fingerprint density at radius 2 is 1.73 bits per heavy atom. The van der Waals surface area contributed by atoms with Gasteiger partial charge in [0.05, 0.1) is 4.88 Å². The normalized spacial score (nSPS) is 11.5. The maximum absolute atomic E-state index is 12.8. The number of ketones is 2. The van der Waals surface area contributed by atoms with Crippen LogP contribution < -0.4 is 5.32 Å². The highest BCUT2D eigenvalue weighted by molar-refractivity contribution is 7.12. The van der Waals surface area contributed by atoms with Crippen LogP contribution in [0.4, 0.5) is 5.69 Å². The van der Waals surface area contributed by atoms with Crippen molar-refractivity contribution in [1.29, 1.82) is 0 Å². The molecule has 0 saturated heterocycles. The second kappa shape index (κ2) is 9.98. The SMILES string of the molecule is Cc1ccc(C)c(N[C@H](CC(=O)c2ccccc2)C(=O)OCC(=O)c2cccs2)c1.